The van der Waals surface area contributed by atoms with Crippen LogP contribution in [0.25, 0.3) is 4.96 Å². The van der Waals surface area contributed by atoms with Crippen LogP contribution in [0, 0.1) is 11.3 Å². The van der Waals surface area contributed by atoms with Crippen molar-refractivity contribution < 1.29 is 9.47 Å². The predicted octanol–water partition coefficient (Wildman–Crippen LogP) is 0.851. The summed E-state index contributed by atoms with van der Waals surface area (Å²) >= 11 is 1.49. The number of hydrogen-bond donors (Lipinski definition) is 0. The Morgan fingerprint density at radius 1 is 1.59 bits per heavy atom. The number of likely N-dealkylation sites (tertiary alicyclic amines) is 1. The van der Waals surface area contributed by atoms with E-state index in [1.807, 2.05) is 5.38 Å². The maximum atomic E-state index is 12.1. The maximum absolute atomic E-state index is 12.1. The molecule has 0 bridgehead atoms. The second-order valence-corrected chi connectivity index (χ2v) is 7.19. The molecule has 2 atom stereocenters. The number of thiazole rings is 1. The Labute approximate surface area is 132 Å². The average Bonchev–Trinajstić information content (AvgIpc) is 3.13. The molecule has 0 saturated carbocycles. The van der Waals surface area contributed by atoms with Gasteiger partial charge in [-0.1, -0.05) is 0 Å². The van der Waals surface area contributed by atoms with Crippen LogP contribution in [0.1, 0.15) is 5.69 Å². The molecule has 2 aromatic heterocycles. The number of fused-ring (bicyclic) bond motifs is 2. The fourth-order valence-electron chi connectivity index (χ4n) is 3.75. The van der Waals surface area contributed by atoms with Crippen LogP contribution in [0.2, 0.25) is 0 Å². The highest BCUT2D eigenvalue weighted by atomic mass is 32.1. The molecule has 2 aliphatic heterocycles. The standard InChI is InChI=1S/C15H19N3O3S/c1-20-9-15-8-17(5-11(15)7-21-10-15)6-12-4-13(19)18-2-3-22-14(18)16-12/h2-4,11H,5-10H2,1H3/t11-,15-/m0/s1. The molecule has 2 aliphatic rings. The molecule has 0 aromatic carbocycles. The van der Waals surface area contributed by atoms with Crippen molar-refractivity contribution in [2.75, 3.05) is 40.0 Å². The molecule has 7 heteroatoms. The lowest BCUT2D eigenvalue weighted by Crippen LogP contribution is -2.35. The molecule has 2 fully saturated rings. The summed E-state index contributed by atoms with van der Waals surface area (Å²) < 4.78 is 12.7. The van der Waals surface area contributed by atoms with Crippen LogP contribution in [0.5, 0.6) is 0 Å². The van der Waals surface area contributed by atoms with Crippen molar-refractivity contribution in [3.63, 3.8) is 0 Å². The van der Waals surface area contributed by atoms with Gasteiger partial charge >= 0.3 is 0 Å². The maximum Gasteiger partial charge on any atom is 0.258 e. The van der Waals surface area contributed by atoms with Crippen molar-refractivity contribution >= 4 is 16.3 Å². The molecule has 4 heterocycles. The molecular formula is C15H19N3O3S. The third-order valence-electron chi connectivity index (χ3n) is 4.77. The molecular weight excluding hydrogens is 302 g/mol. The second-order valence-electron chi connectivity index (χ2n) is 6.32. The normalized spacial score (nSPS) is 28.5. The van der Waals surface area contributed by atoms with E-state index in [9.17, 15) is 4.79 Å². The van der Waals surface area contributed by atoms with Crippen LogP contribution in [-0.2, 0) is 16.0 Å². The lowest BCUT2D eigenvalue weighted by atomic mass is 9.82. The van der Waals surface area contributed by atoms with Crippen molar-refractivity contribution in [1.82, 2.24) is 14.3 Å². The van der Waals surface area contributed by atoms with Crippen LogP contribution in [0.4, 0.5) is 0 Å². The van der Waals surface area contributed by atoms with E-state index in [1.54, 1.807) is 23.8 Å². The average molecular weight is 321 g/mol. The first-order valence-corrected chi connectivity index (χ1v) is 8.33. The van der Waals surface area contributed by atoms with Crippen LogP contribution in [0.3, 0.4) is 0 Å². The summed E-state index contributed by atoms with van der Waals surface area (Å²) in [7, 11) is 1.75. The fourth-order valence-corrected chi connectivity index (χ4v) is 4.49. The van der Waals surface area contributed by atoms with Crippen molar-refractivity contribution in [2.24, 2.45) is 11.3 Å². The molecule has 0 unspecified atom stereocenters. The predicted molar refractivity (Wildman–Crippen MR) is 83.2 cm³/mol. The number of methoxy groups -OCH3 is 1. The van der Waals surface area contributed by atoms with E-state index in [1.165, 1.54) is 11.3 Å². The molecule has 4 rings (SSSR count). The SMILES string of the molecule is COC[C@@]12COC[C@@H]1CN(Cc1cc(=O)n3ccsc3n1)C2. The summed E-state index contributed by atoms with van der Waals surface area (Å²) in [5.74, 6) is 0.513. The van der Waals surface area contributed by atoms with Crippen LogP contribution in [-0.4, -0.2) is 54.3 Å². The minimum Gasteiger partial charge on any atom is -0.384 e. The van der Waals surface area contributed by atoms with E-state index in [0.717, 1.165) is 43.6 Å². The first-order chi connectivity index (χ1) is 10.7. The number of aromatic nitrogens is 2. The first kappa shape index (κ1) is 14.3. The smallest absolute Gasteiger partial charge is 0.258 e. The zero-order valence-corrected chi connectivity index (χ0v) is 13.3. The molecule has 0 radical (unpaired) electrons. The van der Waals surface area contributed by atoms with Crippen LogP contribution in [0.15, 0.2) is 22.4 Å². The number of nitrogens with zero attached hydrogens (tertiary/aromatic N) is 3. The summed E-state index contributed by atoms with van der Waals surface area (Å²) in [5.41, 5.74) is 0.952. The molecule has 118 valence electrons. The summed E-state index contributed by atoms with van der Waals surface area (Å²) in [6.45, 7) is 4.94. The highest BCUT2D eigenvalue weighted by Gasteiger charge is 2.50. The Morgan fingerprint density at radius 2 is 2.50 bits per heavy atom. The van der Waals surface area contributed by atoms with Gasteiger partial charge in [0.05, 0.1) is 25.5 Å². The Morgan fingerprint density at radius 3 is 3.36 bits per heavy atom. The Bertz CT molecular complexity index is 743. The van der Waals surface area contributed by atoms with Crippen molar-refractivity contribution in [3.05, 3.63) is 33.7 Å². The molecule has 22 heavy (non-hydrogen) atoms. The van der Waals surface area contributed by atoms with Gasteiger partial charge in [0.1, 0.15) is 0 Å². The zero-order valence-electron chi connectivity index (χ0n) is 12.5. The van der Waals surface area contributed by atoms with Gasteiger partial charge in [-0.3, -0.25) is 14.1 Å². The third kappa shape index (κ3) is 2.28. The minimum atomic E-state index is -0.00409. The Hall–Kier alpha value is -1.28. The van der Waals surface area contributed by atoms with Gasteiger partial charge in [-0.15, -0.1) is 11.3 Å². The summed E-state index contributed by atoms with van der Waals surface area (Å²) in [6, 6.07) is 1.65. The highest BCUT2D eigenvalue weighted by Crippen LogP contribution is 2.41. The van der Waals surface area contributed by atoms with Crippen molar-refractivity contribution in [1.29, 1.82) is 0 Å². The molecule has 0 spiro atoms. The monoisotopic (exact) mass is 321 g/mol. The number of ether oxygens (including phenoxy) is 2. The largest absolute Gasteiger partial charge is 0.384 e. The Kier molecular flexibility index (Phi) is 3.53. The van der Waals surface area contributed by atoms with E-state index in [-0.39, 0.29) is 11.0 Å². The van der Waals surface area contributed by atoms with E-state index < -0.39 is 0 Å². The topological polar surface area (TPSA) is 56.1 Å². The molecule has 0 N–H and O–H groups in total. The molecule has 2 saturated heterocycles. The van der Waals surface area contributed by atoms with E-state index in [4.69, 9.17) is 9.47 Å². The van der Waals surface area contributed by atoms with E-state index >= 15 is 0 Å². The molecule has 2 aromatic rings. The first-order valence-electron chi connectivity index (χ1n) is 7.45. The van der Waals surface area contributed by atoms with Gasteiger partial charge < -0.3 is 9.47 Å². The van der Waals surface area contributed by atoms with Gasteiger partial charge in [0.15, 0.2) is 4.96 Å². The zero-order chi connectivity index (χ0) is 15.2. The molecule has 0 amide bonds. The minimum absolute atomic E-state index is 0.00409. The van der Waals surface area contributed by atoms with Gasteiger partial charge in [0.2, 0.25) is 0 Å². The number of hydrogen-bond acceptors (Lipinski definition) is 6. The summed E-state index contributed by atoms with van der Waals surface area (Å²) in [5, 5.41) is 1.89. The lowest BCUT2D eigenvalue weighted by Gasteiger charge is -2.26. The molecule has 0 aliphatic carbocycles. The van der Waals surface area contributed by atoms with Gasteiger partial charge in [-0.2, -0.15) is 0 Å². The van der Waals surface area contributed by atoms with Gasteiger partial charge in [0, 0.05) is 55.7 Å². The lowest BCUT2D eigenvalue weighted by molar-refractivity contribution is 0.0532. The summed E-state index contributed by atoms with van der Waals surface area (Å²) in [4.78, 5) is 19.8. The van der Waals surface area contributed by atoms with Crippen molar-refractivity contribution in [2.45, 2.75) is 6.54 Å². The van der Waals surface area contributed by atoms with E-state index in [2.05, 4.69) is 9.88 Å². The van der Waals surface area contributed by atoms with Crippen LogP contribution >= 0.6 is 11.3 Å². The van der Waals surface area contributed by atoms with Gasteiger partial charge in [-0.25, -0.2) is 4.98 Å². The van der Waals surface area contributed by atoms with Crippen LogP contribution < -0.4 is 5.56 Å². The van der Waals surface area contributed by atoms with Gasteiger partial charge in [-0.05, 0) is 0 Å². The molecule has 6 nitrogen and oxygen atoms in total. The van der Waals surface area contributed by atoms with E-state index in [0.29, 0.717) is 12.5 Å². The van der Waals surface area contributed by atoms with Crippen molar-refractivity contribution in [3.8, 4) is 0 Å². The highest BCUT2D eigenvalue weighted by molar-refractivity contribution is 7.15. The van der Waals surface area contributed by atoms with Gasteiger partial charge in [0.25, 0.3) is 5.56 Å². The fraction of sp³-hybridized carbons (Fsp3) is 0.600. The third-order valence-corrected chi connectivity index (χ3v) is 5.52. The number of rotatable bonds is 4. The second kappa shape index (κ2) is 5.42. The quantitative estimate of drug-likeness (QED) is 0.836. The Balaban J connectivity index is 1.55. The summed E-state index contributed by atoms with van der Waals surface area (Å²) in [6.07, 6.45) is 1.77.